The molecule has 2 aromatic rings. The number of nitrogens with zero attached hydrogens (tertiary/aromatic N) is 3. The lowest BCUT2D eigenvalue weighted by Gasteiger charge is -2.22. The maximum Gasteiger partial charge on any atom is 0.275 e. The number of hydrogen-bond donors (Lipinski definition) is 1. The molecule has 1 N–H and O–H groups in total. The monoisotopic (exact) mass is 322 g/mol. The molecule has 0 aliphatic heterocycles. The van der Waals surface area contributed by atoms with Crippen LogP contribution in [0.5, 0.6) is 0 Å². The van der Waals surface area contributed by atoms with Crippen LogP contribution in [0, 0.1) is 0 Å². The molecule has 0 aromatic carbocycles. The zero-order valence-corrected chi connectivity index (χ0v) is 12.6. The van der Waals surface area contributed by atoms with Crippen molar-refractivity contribution in [2.75, 3.05) is 5.32 Å². The molecule has 2 aromatic heterocycles. The molecule has 0 saturated carbocycles. The molecule has 0 aliphatic rings. The molecule has 0 radical (unpaired) electrons. The Balaban J connectivity index is 2.20. The number of aromatic nitrogens is 3. The predicted octanol–water partition coefficient (Wildman–Crippen LogP) is 3.05. The summed E-state index contributed by atoms with van der Waals surface area (Å²) in [7, 11) is 0. The molecule has 2 heterocycles. The van der Waals surface area contributed by atoms with Gasteiger partial charge in [0, 0.05) is 16.7 Å². The molecule has 0 aliphatic carbocycles. The maximum absolute atomic E-state index is 12.1. The number of hydrogen-bond acceptors (Lipinski definition) is 3. The standard InChI is InChI=1S/C13H15BrN4O/c1-13(2,3)18-11(6-7-16-18)17-12(19)10-5-4-9(14)8-15-10/h4-8H,1-3H3,(H,17,19). The minimum absolute atomic E-state index is 0.195. The summed E-state index contributed by atoms with van der Waals surface area (Å²) in [4.78, 5) is 16.1. The Hall–Kier alpha value is -1.69. The molecule has 0 unspecified atom stereocenters. The molecule has 1 amide bonds. The quantitative estimate of drug-likeness (QED) is 0.924. The van der Waals surface area contributed by atoms with E-state index in [9.17, 15) is 4.79 Å². The van der Waals surface area contributed by atoms with Crippen molar-refractivity contribution in [3.8, 4) is 0 Å². The number of nitrogens with one attached hydrogen (secondary N) is 1. The van der Waals surface area contributed by atoms with Crippen LogP contribution >= 0.6 is 15.9 Å². The lowest BCUT2D eigenvalue weighted by Crippen LogP contribution is -2.26. The van der Waals surface area contributed by atoms with Crippen molar-refractivity contribution in [1.82, 2.24) is 14.8 Å². The van der Waals surface area contributed by atoms with Gasteiger partial charge < -0.3 is 5.32 Å². The first-order valence-corrected chi connectivity index (χ1v) is 6.64. The van der Waals surface area contributed by atoms with Crippen molar-refractivity contribution in [2.45, 2.75) is 26.3 Å². The molecule has 100 valence electrons. The Morgan fingerprint density at radius 3 is 2.63 bits per heavy atom. The number of anilines is 1. The number of amides is 1. The van der Waals surface area contributed by atoms with Gasteiger partial charge in [0.15, 0.2) is 0 Å². The van der Waals surface area contributed by atoms with Crippen LogP contribution in [0.2, 0.25) is 0 Å². The number of carbonyl (C=O) groups excluding carboxylic acids is 1. The van der Waals surface area contributed by atoms with Crippen molar-refractivity contribution < 1.29 is 4.79 Å². The number of rotatable bonds is 2. The Kier molecular flexibility index (Phi) is 3.71. The van der Waals surface area contributed by atoms with Gasteiger partial charge >= 0.3 is 0 Å². The second-order valence-electron chi connectivity index (χ2n) is 5.11. The van der Waals surface area contributed by atoms with Crippen molar-refractivity contribution in [3.05, 3.63) is 40.8 Å². The SMILES string of the molecule is CC(C)(C)n1nccc1NC(=O)c1ccc(Br)cn1. The van der Waals surface area contributed by atoms with Crippen LogP contribution in [0.25, 0.3) is 0 Å². The maximum atomic E-state index is 12.1. The third kappa shape index (κ3) is 3.20. The Morgan fingerprint density at radius 1 is 1.32 bits per heavy atom. The van der Waals surface area contributed by atoms with Gasteiger partial charge in [-0.05, 0) is 48.8 Å². The van der Waals surface area contributed by atoms with E-state index in [1.165, 1.54) is 0 Å². The Bertz CT molecular complexity index is 583. The van der Waals surface area contributed by atoms with Gasteiger partial charge in [-0.15, -0.1) is 0 Å². The van der Waals surface area contributed by atoms with Crippen LogP contribution in [0.1, 0.15) is 31.3 Å². The van der Waals surface area contributed by atoms with Crippen molar-refractivity contribution in [3.63, 3.8) is 0 Å². The van der Waals surface area contributed by atoms with Crippen molar-refractivity contribution in [2.24, 2.45) is 0 Å². The van der Waals surface area contributed by atoms with Crippen LogP contribution in [0.3, 0.4) is 0 Å². The second-order valence-corrected chi connectivity index (χ2v) is 6.03. The molecule has 2 rings (SSSR count). The van der Waals surface area contributed by atoms with Crippen LogP contribution in [0.15, 0.2) is 35.1 Å². The van der Waals surface area contributed by atoms with Gasteiger partial charge in [-0.2, -0.15) is 5.10 Å². The lowest BCUT2D eigenvalue weighted by molar-refractivity contribution is 0.102. The van der Waals surface area contributed by atoms with E-state index in [-0.39, 0.29) is 11.4 Å². The molecular formula is C13H15BrN4O. The highest BCUT2D eigenvalue weighted by Gasteiger charge is 2.19. The Morgan fingerprint density at radius 2 is 2.05 bits per heavy atom. The molecular weight excluding hydrogens is 308 g/mol. The van der Waals surface area contributed by atoms with E-state index in [2.05, 4.69) is 31.3 Å². The fraction of sp³-hybridized carbons (Fsp3) is 0.308. The van der Waals surface area contributed by atoms with E-state index in [4.69, 9.17) is 0 Å². The topological polar surface area (TPSA) is 59.8 Å². The fourth-order valence-electron chi connectivity index (χ4n) is 1.62. The first-order valence-electron chi connectivity index (χ1n) is 5.85. The van der Waals surface area contributed by atoms with E-state index < -0.39 is 0 Å². The van der Waals surface area contributed by atoms with E-state index >= 15 is 0 Å². The van der Waals surface area contributed by atoms with E-state index in [0.717, 1.165) is 4.47 Å². The number of carbonyl (C=O) groups is 1. The summed E-state index contributed by atoms with van der Waals surface area (Å²) in [6.07, 6.45) is 3.26. The average Bonchev–Trinajstić information content (AvgIpc) is 2.77. The zero-order valence-electron chi connectivity index (χ0n) is 11.0. The molecule has 0 saturated heterocycles. The summed E-state index contributed by atoms with van der Waals surface area (Å²) < 4.78 is 2.60. The van der Waals surface area contributed by atoms with Gasteiger partial charge in [0.25, 0.3) is 5.91 Å². The molecule has 19 heavy (non-hydrogen) atoms. The first-order chi connectivity index (χ1) is 8.88. The summed E-state index contributed by atoms with van der Waals surface area (Å²) in [5.74, 6) is 0.403. The van der Waals surface area contributed by atoms with Gasteiger partial charge in [0.05, 0.1) is 11.7 Å². The molecule has 0 bridgehead atoms. The highest BCUT2D eigenvalue weighted by Crippen LogP contribution is 2.19. The predicted molar refractivity (Wildman–Crippen MR) is 77.1 cm³/mol. The van der Waals surface area contributed by atoms with Gasteiger partial charge in [-0.25, -0.2) is 9.67 Å². The second kappa shape index (κ2) is 5.13. The molecule has 0 spiro atoms. The number of halogens is 1. The molecule has 5 nitrogen and oxygen atoms in total. The first kappa shape index (κ1) is 13.7. The fourth-order valence-corrected chi connectivity index (χ4v) is 1.86. The zero-order chi connectivity index (χ0) is 14.0. The molecule has 0 atom stereocenters. The van der Waals surface area contributed by atoms with Crippen LogP contribution < -0.4 is 5.32 Å². The smallest absolute Gasteiger partial charge is 0.275 e. The molecule has 0 fully saturated rings. The van der Waals surface area contributed by atoms with Crippen LogP contribution in [-0.2, 0) is 5.54 Å². The van der Waals surface area contributed by atoms with E-state index in [1.54, 1.807) is 35.3 Å². The summed E-state index contributed by atoms with van der Waals surface area (Å²) in [5.41, 5.74) is 0.170. The third-order valence-corrected chi connectivity index (χ3v) is 2.95. The highest BCUT2D eigenvalue weighted by molar-refractivity contribution is 9.10. The van der Waals surface area contributed by atoms with E-state index in [0.29, 0.717) is 11.5 Å². The van der Waals surface area contributed by atoms with Crippen LogP contribution in [-0.4, -0.2) is 20.7 Å². The summed E-state index contributed by atoms with van der Waals surface area (Å²) in [5, 5.41) is 7.04. The van der Waals surface area contributed by atoms with E-state index in [1.807, 2.05) is 20.8 Å². The van der Waals surface area contributed by atoms with Gasteiger partial charge in [-0.1, -0.05) is 0 Å². The largest absolute Gasteiger partial charge is 0.305 e. The summed E-state index contributed by atoms with van der Waals surface area (Å²) >= 11 is 3.28. The number of pyridine rings is 1. The normalized spacial score (nSPS) is 11.4. The van der Waals surface area contributed by atoms with Crippen molar-refractivity contribution in [1.29, 1.82) is 0 Å². The van der Waals surface area contributed by atoms with Crippen molar-refractivity contribution >= 4 is 27.7 Å². The minimum atomic E-state index is -0.251. The molecule has 6 heteroatoms. The lowest BCUT2D eigenvalue weighted by atomic mass is 10.1. The van der Waals surface area contributed by atoms with Gasteiger partial charge in [0.1, 0.15) is 11.5 Å². The minimum Gasteiger partial charge on any atom is -0.305 e. The third-order valence-electron chi connectivity index (χ3n) is 2.48. The summed E-state index contributed by atoms with van der Waals surface area (Å²) in [6.45, 7) is 6.06. The van der Waals surface area contributed by atoms with Crippen LogP contribution in [0.4, 0.5) is 5.82 Å². The Labute approximate surface area is 120 Å². The van der Waals surface area contributed by atoms with Gasteiger partial charge in [-0.3, -0.25) is 4.79 Å². The van der Waals surface area contributed by atoms with Gasteiger partial charge in [0.2, 0.25) is 0 Å². The summed E-state index contributed by atoms with van der Waals surface area (Å²) in [6, 6.07) is 5.21. The average molecular weight is 323 g/mol. The highest BCUT2D eigenvalue weighted by atomic mass is 79.9.